The highest BCUT2D eigenvalue weighted by Crippen LogP contribution is 2.11. The van der Waals surface area contributed by atoms with Crippen LogP contribution in [0.1, 0.15) is 15.9 Å². The molecule has 0 radical (unpaired) electrons. The Balaban J connectivity index is 0.00000180. The number of halogens is 2. The topological polar surface area (TPSA) is 47.0 Å². The summed E-state index contributed by atoms with van der Waals surface area (Å²) in [5.41, 5.74) is 7.64. The number of aryl methyl sites for hydroxylation is 1. The van der Waals surface area contributed by atoms with E-state index in [-0.39, 0.29) is 29.3 Å². The van der Waals surface area contributed by atoms with Crippen LogP contribution >= 0.6 is 15.9 Å². The fourth-order valence-electron chi connectivity index (χ4n) is 1.68. The lowest BCUT2D eigenvalue weighted by Gasteiger charge is -2.04. The molecule has 0 saturated carbocycles. The number of ketones is 1. The van der Waals surface area contributed by atoms with Gasteiger partial charge in [-0.25, -0.2) is 4.57 Å². The highest BCUT2D eigenvalue weighted by atomic mass is 79.9. The van der Waals surface area contributed by atoms with Crippen LogP contribution < -0.4 is 27.3 Å². The van der Waals surface area contributed by atoms with Crippen molar-refractivity contribution in [2.75, 3.05) is 5.73 Å². The molecule has 2 N–H and O–H groups in total. The zero-order valence-corrected chi connectivity index (χ0v) is 13.6. The Morgan fingerprint density at radius 1 is 1.26 bits per heavy atom. The van der Waals surface area contributed by atoms with Gasteiger partial charge in [0.15, 0.2) is 6.54 Å². The van der Waals surface area contributed by atoms with E-state index in [9.17, 15) is 4.79 Å². The van der Waals surface area contributed by atoms with Crippen molar-refractivity contribution in [2.45, 2.75) is 13.5 Å². The summed E-state index contributed by atoms with van der Waals surface area (Å²) in [6.07, 6.45) is 1.83. The molecule has 0 saturated heterocycles. The van der Waals surface area contributed by atoms with Crippen LogP contribution in [0, 0.1) is 6.92 Å². The molecule has 0 aliphatic heterocycles. The number of hydrogen-bond donors (Lipinski definition) is 1. The predicted molar refractivity (Wildman–Crippen MR) is 74.3 cm³/mol. The van der Waals surface area contributed by atoms with Gasteiger partial charge in [-0.2, -0.15) is 0 Å². The van der Waals surface area contributed by atoms with Gasteiger partial charge in [0, 0.05) is 16.1 Å². The molecule has 1 aromatic carbocycles. The second-order valence-electron chi connectivity index (χ2n) is 4.19. The lowest BCUT2D eigenvalue weighted by atomic mass is 10.1. The summed E-state index contributed by atoms with van der Waals surface area (Å²) in [6, 6.07) is 11.1. The Bertz CT molecular complexity index is 582. The Hall–Kier alpha value is -1.20. The van der Waals surface area contributed by atoms with E-state index in [4.69, 9.17) is 5.73 Å². The molecular formula is C14H14Br2N2O. The number of Topliss-reactive ketones (excluding diaryl/α,β-unsaturated/α-hetero) is 1. The van der Waals surface area contributed by atoms with Gasteiger partial charge in [-0.3, -0.25) is 10.5 Å². The summed E-state index contributed by atoms with van der Waals surface area (Å²) in [6.45, 7) is 2.23. The molecule has 100 valence electrons. The number of nitrogens with two attached hydrogens (primary N) is 1. The maximum atomic E-state index is 12.1. The average molecular weight is 386 g/mol. The summed E-state index contributed by atoms with van der Waals surface area (Å²) in [5, 5.41) is 0. The van der Waals surface area contributed by atoms with Gasteiger partial charge < -0.3 is 17.0 Å². The van der Waals surface area contributed by atoms with E-state index in [0.717, 1.165) is 10.0 Å². The van der Waals surface area contributed by atoms with Crippen molar-refractivity contribution >= 4 is 27.5 Å². The minimum Gasteiger partial charge on any atom is -1.00 e. The molecule has 1 aromatic heterocycles. The van der Waals surface area contributed by atoms with Crippen LogP contribution in [0.15, 0.2) is 47.1 Å². The molecule has 5 heteroatoms. The van der Waals surface area contributed by atoms with E-state index in [2.05, 4.69) is 15.9 Å². The normalized spacial score (nSPS) is 9.79. The molecule has 0 spiro atoms. The van der Waals surface area contributed by atoms with Crippen LogP contribution in [0.4, 0.5) is 5.82 Å². The Labute approximate surface area is 131 Å². The highest BCUT2D eigenvalue weighted by molar-refractivity contribution is 9.10. The lowest BCUT2D eigenvalue weighted by molar-refractivity contribution is -0.668. The van der Waals surface area contributed by atoms with Crippen molar-refractivity contribution in [1.29, 1.82) is 0 Å². The Morgan fingerprint density at radius 3 is 2.47 bits per heavy atom. The summed E-state index contributed by atoms with van der Waals surface area (Å²) in [7, 11) is 0. The van der Waals surface area contributed by atoms with E-state index in [0.29, 0.717) is 11.4 Å². The number of carbonyl (C=O) groups is 1. The maximum Gasteiger partial charge on any atom is 0.272 e. The zero-order chi connectivity index (χ0) is 13.1. The number of nitrogen functional groups attached to an aromatic ring is 1. The number of nitrogens with zero attached hydrogens (tertiary/aromatic N) is 1. The molecular weight excluding hydrogens is 372 g/mol. The van der Waals surface area contributed by atoms with Crippen LogP contribution in [0.3, 0.4) is 0 Å². The summed E-state index contributed by atoms with van der Waals surface area (Å²) in [4.78, 5) is 12.1. The van der Waals surface area contributed by atoms with Crippen molar-refractivity contribution < 1.29 is 26.3 Å². The fourth-order valence-corrected chi connectivity index (χ4v) is 1.95. The minimum absolute atomic E-state index is 0. The van der Waals surface area contributed by atoms with Crippen LogP contribution in [0.2, 0.25) is 0 Å². The first kappa shape index (κ1) is 15.9. The molecule has 0 unspecified atom stereocenters. The van der Waals surface area contributed by atoms with E-state index in [1.165, 1.54) is 0 Å². The van der Waals surface area contributed by atoms with Gasteiger partial charge in [0.2, 0.25) is 5.78 Å². The van der Waals surface area contributed by atoms with E-state index in [1.807, 2.05) is 37.4 Å². The number of carbonyl (C=O) groups excluding carboxylic acids is 1. The molecule has 2 aromatic rings. The van der Waals surface area contributed by atoms with Crippen molar-refractivity contribution in [3.8, 4) is 0 Å². The van der Waals surface area contributed by atoms with Gasteiger partial charge in [-0.15, -0.1) is 0 Å². The fraction of sp³-hybridized carbons (Fsp3) is 0.143. The average Bonchev–Trinajstić information content (AvgIpc) is 2.33. The number of hydrogen-bond acceptors (Lipinski definition) is 2. The van der Waals surface area contributed by atoms with Crippen molar-refractivity contribution in [3.63, 3.8) is 0 Å². The summed E-state index contributed by atoms with van der Waals surface area (Å²) >= 11 is 3.34. The number of rotatable bonds is 3. The SMILES string of the molecule is Cc1cc[n+](CC(=O)c2ccc(Br)cc2)c(N)c1.[Br-]. The smallest absolute Gasteiger partial charge is 0.272 e. The molecule has 0 amide bonds. The van der Waals surface area contributed by atoms with Crippen molar-refractivity contribution in [2.24, 2.45) is 0 Å². The molecule has 1 heterocycles. The maximum absolute atomic E-state index is 12.1. The van der Waals surface area contributed by atoms with Crippen LogP contribution in [0.5, 0.6) is 0 Å². The number of benzene rings is 1. The summed E-state index contributed by atoms with van der Waals surface area (Å²) < 4.78 is 2.71. The largest absolute Gasteiger partial charge is 1.00 e. The molecule has 0 fully saturated rings. The minimum atomic E-state index is 0. The van der Waals surface area contributed by atoms with Crippen LogP contribution in [-0.2, 0) is 6.54 Å². The van der Waals surface area contributed by atoms with E-state index < -0.39 is 0 Å². The third kappa shape index (κ3) is 4.14. The van der Waals surface area contributed by atoms with Crippen molar-refractivity contribution in [1.82, 2.24) is 0 Å². The monoisotopic (exact) mass is 384 g/mol. The van der Waals surface area contributed by atoms with Gasteiger partial charge in [0.25, 0.3) is 5.82 Å². The van der Waals surface area contributed by atoms with E-state index >= 15 is 0 Å². The van der Waals surface area contributed by atoms with Gasteiger partial charge >= 0.3 is 0 Å². The van der Waals surface area contributed by atoms with Crippen molar-refractivity contribution in [3.05, 3.63) is 58.2 Å². The molecule has 0 aliphatic rings. The first-order valence-corrected chi connectivity index (χ1v) is 6.40. The first-order valence-electron chi connectivity index (χ1n) is 5.60. The zero-order valence-electron chi connectivity index (χ0n) is 10.4. The third-order valence-electron chi connectivity index (χ3n) is 2.70. The summed E-state index contributed by atoms with van der Waals surface area (Å²) in [5.74, 6) is 0.642. The number of pyridine rings is 1. The van der Waals surface area contributed by atoms with Crippen LogP contribution in [0.25, 0.3) is 0 Å². The molecule has 0 aliphatic carbocycles. The first-order chi connectivity index (χ1) is 8.56. The van der Waals surface area contributed by atoms with Gasteiger partial charge in [0.1, 0.15) is 0 Å². The molecule has 3 nitrogen and oxygen atoms in total. The second-order valence-corrected chi connectivity index (χ2v) is 5.10. The molecule has 0 atom stereocenters. The predicted octanol–water partition coefficient (Wildman–Crippen LogP) is -0.486. The standard InChI is InChI=1S/C14H13BrN2O.BrH/c1-10-6-7-17(14(16)8-10)9-13(18)11-2-4-12(15)5-3-11;/h2-8,16H,9H2,1H3;1H. The van der Waals surface area contributed by atoms with Crippen LogP contribution in [-0.4, -0.2) is 5.78 Å². The molecule has 2 rings (SSSR count). The highest BCUT2D eigenvalue weighted by Gasteiger charge is 2.12. The molecule has 0 bridgehead atoms. The Kier molecular flexibility index (Phi) is 5.69. The van der Waals surface area contributed by atoms with Gasteiger partial charge in [-0.05, 0) is 30.7 Å². The lowest BCUT2D eigenvalue weighted by Crippen LogP contribution is -3.00. The quantitative estimate of drug-likeness (QED) is 0.572. The number of anilines is 1. The Morgan fingerprint density at radius 2 is 1.89 bits per heavy atom. The molecule has 19 heavy (non-hydrogen) atoms. The number of aromatic nitrogens is 1. The van der Waals surface area contributed by atoms with E-state index in [1.54, 1.807) is 16.7 Å². The third-order valence-corrected chi connectivity index (χ3v) is 3.23. The second kappa shape index (κ2) is 6.82. The van der Waals surface area contributed by atoms with Gasteiger partial charge in [0.05, 0.1) is 6.20 Å². The van der Waals surface area contributed by atoms with Gasteiger partial charge in [-0.1, -0.05) is 28.1 Å².